The van der Waals surface area contributed by atoms with Gasteiger partial charge in [-0.05, 0) is 30.9 Å². The molecule has 1 fully saturated rings. The van der Waals surface area contributed by atoms with Crippen molar-refractivity contribution >= 4 is 52.8 Å². The highest BCUT2D eigenvalue weighted by Crippen LogP contribution is 2.25. The van der Waals surface area contributed by atoms with E-state index in [0.717, 1.165) is 48.9 Å². The topological polar surface area (TPSA) is 108 Å². The van der Waals surface area contributed by atoms with Crippen LogP contribution in [-0.2, 0) is 4.79 Å². The third kappa shape index (κ3) is 5.13. The normalized spacial score (nSPS) is 14.5. The number of carbonyl (C=O) groups is 1. The Labute approximate surface area is 186 Å². The smallest absolute Gasteiger partial charge is 0.233 e. The molecule has 0 unspecified atom stereocenters. The predicted octanol–water partition coefficient (Wildman–Crippen LogP) is 2.79. The molecule has 0 spiro atoms. The molecule has 31 heavy (non-hydrogen) atoms. The third-order valence-corrected chi connectivity index (χ3v) is 5.71. The molecule has 4 rings (SSSR count). The van der Waals surface area contributed by atoms with Gasteiger partial charge in [0.2, 0.25) is 23.8 Å². The van der Waals surface area contributed by atoms with Gasteiger partial charge in [-0.25, -0.2) is 0 Å². The molecule has 0 saturated carbocycles. The lowest BCUT2D eigenvalue weighted by Gasteiger charge is -2.31. The van der Waals surface area contributed by atoms with Gasteiger partial charge in [0.05, 0.1) is 5.75 Å². The molecule has 2 aromatic heterocycles. The second-order valence-electron chi connectivity index (χ2n) is 7.45. The molecule has 1 amide bonds. The molecule has 3 heterocycles. The first-order valence-electron chi connectivity index (χ1n) is 10.3. The average molecular weight is 439 g/mol. The number of nitrogens with one attached hydrogen (secondary N) is 3. The lowest BCUT2D eigenvalue weighted by molar-refractivity contribution is -0.129. The summed E-state index contributed by atoms with van der Waals surface area (Å²) in [6.45, 7) is 2.29. The zero-order chi connectivity index (χ0) is 21.6. The summed E-state index contributed by atoms with van der Waals surface area (Å²) < 4.78 is 0. The van der Waals surface area contributed by atoms with Crippen molar-refractivity contribution < 1.29 is 4.79 Å². The van der Waals surface area contributed by atoms with Crippen LogP contribution in [0.3, 0.4) is 0 Å². The number of rotatable bonds is 7. The average Bonchev–Trinajstić information content (AvgIpc) is 2.82. The number of nitrogens with zero attached hydrogens (tertiary/aromatic N) is 5. The summed E-state index contributed by atoms with van der Waals surface area (Å²) in [6.07, 6.45) is 5.49. The number of hydrogen-bond donors (Lipinski definition) is 4. The Morgan fingerprint density at radius 2 is 1.90 bits per heavy atom. The van der Waals surface area contributed by atoms with Crippen LogP contribution in [0.1, 0.15) is 12.8 Å². The highest BCUT2D eigenvalue weighted by atomic mass is 32.1. The van der Waals surface area contributed by atoms with Crippen LogP contribution in [-0.4, -0.2) is 63.2 Å². The molecule has 0 aliphatic carbocycles. The molecule has 0 bridgehead atoms. The van der Waals surface area contributed by atoms with Crippen LogP contribution in [0.25, 0.3) is 10.8 Å². The minimum Gasteiger partial charge on any atom is -0.357 e. The van der Waals surface area contributed by atoms with Gasteiger partial charge in [-0.1, -0.05) is 12.1 Å². The van der Waals surface area contributed by atoms with Crippen molar-refractivity contribution in [1.82, 2.24) is 24.8 Å². The van der Waals surface area contributed by atoms with Gasteiger partial charge >= 0.3 is 0 Å². The van der Waals surface area contributed by atoms with Crippen LogP contribution in [0.2, 0.25) is 0 Å². The Morgan fingerprint density at radius 3 is 2.68 bits per heavy atom. The Hall–Kier alpha value is -3.14. The minimum absolute atomic E-state index is 0.103. The molecule has 0 atom stereocenters. The first-order chi connectivity index (χ1) is 15.2. The van der Waals surface area contributed by atoms with Gasteiger partial charge in [0, 0.05) is 55.5 Å². The second kappa shape index (κ2) is 9.78. The van der Waals surface area contributed by atoms with Gasteiger partial charge in [-0.2, -0.15) is 27.6 Å². The molecule has 3 N–H and O–H groups in total. The number of piperidine rings is 1. The zero-order valence-electron chi connectivity index (χ0n) is 17.4. The van der Waals surface area contributed by atoms with Crippen LogP contribution in [0.15, 0.2) is 36.7 Å². The maximum absolute atomic E-state index is 11.8. The Morgan fingerprint density at radius 1 is 1.13 bits per heavy atom. The predicted molar refractivity (Wildman–Crippen MR) is 126 cm³/mol. The molecular weight excluding hydrogens is 412 g/mol. The maximum atomic E-state index is 11.8. The molecule has 9 nitrogen and oxygen atoms in total. The Kier molecular flexibility index (Phi) is 6.66. The molecule has 1 saturated heterocycles. The molecular formula is C21H26N8OS. The van der Waals surface area contributed by atoms with Crippen LogP contribution in [0.5, 0.6) is 0 Å². The van der Waals surface area contributed by atoms with E-state index < -0.39 is 0 Å². The van der Waals surface area contributed by atoms with E-state index in [1.54, 1.807) is 13.2 Å². The molecule has 1 aliphatic rings. The quantitative estimate of drug-likeness (QED) is 0.417. The van der Waals surface area contributed by atoms with Crippen molar-refractivity contribution in [3.8, 4) is 0 Å². The first kappa shape index (κ1) is 21.1. The molecule has 1 aliphatic heterocycles. The summed E-state index contributed by atoms with van der Waals surface area (Å²) in [5.41, 5.74) is 0.903. The van der Waals surface area contributed by atoms with Gasteiger partial charge in [0.15, 0.2) is 0 Å². The fourth-order valence-corrected chi connectivity index (χ4v) is 3.90. The highest BCUT2D eigenvalue weighted by molar-refractivity contribution is 7.81. The summed E-state index contributed by atoms with van der Waals surface area (Å²) in [6, 6.07) is 7.93. The van der Waals surface area contributed by atoms with Crippen LogP contribution in [0.4, 0.5) is 23.5 Å². The molecule has 3 aromatic rings. The summed E-state index contributed by atoms with van der Waals surface area (Å²) in [4.78, 5) is 31.3. The van der Waals surface area contributed by atoms with Crippen molar-refractivity contribution in [3.05, 3.63) is 36.7 Å². The van der Waals surface area contributed by atoms with E-state index >= 15 is 0 Å². The number of likely N-dealkylation sites (tertiary alicyclic amines) is 1. The van der Waals surface area contributed by atoms with E-state index in [0.29, 0.717) is 23.8 Å². The largest absolute Gasteiger partial charge is 0.357 e. The first-order valence-corrected chi connectivity index (χ1v) is 11.0. The number of amides is 1. The van der Waals surface area contributed by atoms with E-state index in [1.807, 2.05) is 35.4 Å². The van der Waals surface area contributed by atoms with E-state index in [4.69, 9.17) is 0 Å². The number of pyridine rings is 1. The summed E-state index contributed by atoms with van der Waals surface area (Å²) in [7, 11) is 1.78. The fraction of sp³-hybridized carbons (Fsp3) is 0.381. The number of benzene rings is 1. The van der Waals surface area contributed by atoms with E-state index in [-0.39, 0.29) is 11.7 Å². The maximum Gasteiger partial charge on any atom is 0.233 e. The van der Waals surface area contributed by atoms with Crippen LogP contribution >= 0.6 is 12.6 Å². The lowest BCUT2D eigenvalue weighted by Crippen LogP contribution is -2.40. The monoisotopic (exact) mass is 438 g/mol. The zero-order valence-corrected chi connectivity index (χ0v) is 18.3. The van der Waals surface area contributed by atoms with Gasteiger partial charge in [-0.15, -0.1) is 0 Å². The van der Waals surface area contributed by atoms with Gasteiger partial charge < -0.3 is 20.9 Å². The van der Waals surface area contributed by atoms with Crippen LogP contribution in [0, 0.1) is 5.92 Å². The lowest BCUT2D eigenvalue weighted by atomic mass is 9.97. The SMILES string of the molecule is CNc1nc(NCC2CCN(C(=O)CS)CC2)nc(Nc2cccc3cnccc23)n1. The molecule has 0 radical (unpaired) electrons. The van der Waals surface area contributed by atoms with E-state index in [1.165, 1.54) is 0 Å². The van der Waals surface area contributed by atoms with Gasteiger partial charge in [0.1, 0.15) is 0 Å². The third-order valence-electron chi connectivity index (χ3n) is 5.44. The minimum atomic E-state index is 0.103. The van der Waals surface area contributed by atoms with Gasteiger partial charge in [-0.3, -0.25) is 9.78 Å². The molecule has 10 heteroatoms. The number of hydrogen-bond acceptors (Lipinski definition) is 9. The number of anilines is 4. The van der Waals surface area contributed by atoms with Crippen molar-refractivity contribution in [2.45, 2.75) is 12.8 Å². The summed E-state index contributed by atoms with van der Waals surface area (Å²) >= 11 is 4.08. The molecule has 1 aromatic carbocycles. The number of aromatic nitrogens is 4. The second-order valence-corrected chi connectivity index (χ2v) is 7.76. The van der Waals surface area contributed by atoms with Crippen LogP contribution < -0.4 is 16.0 Å². The Bertz CT molecular complexity index is 1050. The number of carbonyl (C=O) groups excluding carboxylic acids is 1. The number of thiol groups is 1. The standard InChI is InChI=1S/C21H26N8OS/c1-22-19-26-20(24-11-14-6-9-29(10-7-14)18(30)13-31)28-21(27-19)25-17-4-2-3-15-12-23-8-5-16(15)17/h2-5,8,12,14,31H,6-7,9-11,13H2,1H3,(H3,22,24,25,26,27,28). The summed E-state index contributed by atoms with van der Waals surface area (Å²) in [5.74, 6) is 2.28. The fourth-order valence-electron chi connectivity index (χ4n) is 3.70. The van der Waals surface area contributed by atoms with Crippen molar-refractivity contribution in [2.24, 2.45) is 5.92 Å². The van der Waals surface area contributed by atoms with Gasteiger partial charge in [0.25, 0.3) is 0 Å². The van der Waals surface area contributed by atoms with Crippen molar-refractivity contribution in [1.29, 1.82) is 0 Å². The van der Waals surface area contributed by atoms with E-state index in [9.17, 15) is 4.79 Å². The molecule has 162 valence electrons. The summed E-state index contributed by atoms with van der Waals surface area (Å²) in [5, 5.41) is 11.7. The Balaban J connectivity index is 1.44. The van der Waals surface area contributed by atoms with E-state index in [2.05, 4.69) is 48.5 Å². The number of fused-ring (bicyclic) bond motifs is 1. The van der Waals surface area contributed by atoms with Crippen molar-refractivity contribution in [2.75, 3.05) is 48.4 Å². The highest BCUT2D eigenvalue weighted by Gasteiger charge is 2.22. The van der Waals surface area contributed by atoms with Crippen molar-refractivity contribution in [3.63, 3.8) is 0 Å².